The number of aromatic nitrogens is 1. The van der Waals surface area contributed by atoms with Crippen molar-refractivity contribution < 1.29 is 0 Å². The standard InChI is InChI=1S/C12H20N4S/c1-3-9-10(11(13)14)17-12(15-9)16-6-4-5-8(2)7-16/h8H,3-7H2,1-2H3,(H3,13,14). The number of nitrogens with two attached hydrogens (primary N) is 1. The molecule has 0 aromatic carbocycles. The molecule has 1 aliphatic rings. The molecular weight excluding hydrogens is 232 g/mol. The highest BCUT2D eigenvalue weighted by atomic mass is 32.1. The summed E-state index contributed by atoms with van der Waals surface area (Å²) in [6, 6.07) is 0. The second-order valence-corrected chi connectivity index (χ2v) is 5.71. The van der Waals surface area contributed by atoms with Crippen LogP contribution in [-0.2, 0) is 6.42 Å². The molecular formula is C12H20N4S. The van der Waals surface area contributed by atoms with Crippen LogP contribution in [0.15, 0.2) is 0 Å². The third-order valence-corrected chi connectivity index (χ3v) is 4.38. The number of amidine groups is 1. The van der Waals surface area contributed by atoms with E-state index in [-0.39, 0.29) is 5.84 Å². The van der Waals surface area contributed by atoms with E-state index in [9.17, 15) is 0 Å². The SMILES string of the molecule is CCc1nc(N2CCCC(C)C2)sc1C(=N)N. The van der Waals surface area contributed by atoms with Crippen LogP contribution in [0.25, 0.3) is 0 Å². The third kappa shape index (κ3) is 2.60. The summed E-state index contributed by atoms with van der Waals surface area (Å²) in [7, 11) is 0. The maximum Gasteiger partial charge on any atom is 0.186 e. The highest BCUT2D eigenvalue weighted by molar-refractivity contribution is 7.17. The zero-order valence-corrected chi connectivity index (χ0v) is 11.3. The molecule has 0 bridgehead atoms. The minimum Gasteiger partial charge on any atom is -0.383 e. The average Bonchev–Trinajstić information content (AvgIpc) is 2.73. The van der Waals surface area contributed by atoms with E-state index < -0.39 is 0 Å². The van der Waals surface area contributed by atoms with E-state index in [4.69, 9.17) is 11.1 Å². The Morgan fingerprint density at radius 1 is 1.65 bits per heavy atom. The van der Waals surface area contributed by atoms with Gasteiger partial charge in [0.1, 0.15) is 5.84 Å². The molecule has 1 atom stereocenters. The summed E-state index contributed by atoms with van der Waals surface area (Å²) in [5, 5.41) is 8.62. The zero-order chi connectivity index (χ0) is 12.4. The van der Waals surface area contributed by atoms with Crippen molar-refractivity contribution in [3.8, 4) is 0 Å². The van der Waals surface area contributed by atoms with Crippen LogP contribution in [-0.4, -0.2) is 23.9 Å². The number of hydrogen-bond acceptors (Lipinski definition) is 4. The molecule has 0 aliphatic carbocycles. The molecule has 17 heavy (non-hydrogen) atoms. The number of aryl methyl sites for hydroxylation is 1. The number of rotatable bonds is 3. The topological polar surface area (TPSA) is 66.0 Å². The van der Waals surface area contributed by atoms with Crippen LogP contribution in [0.1, 0.15) is 37.3 Å². The summed E-state index contributed by atoms with van der Waals surface area (Å²) in [5.74, 6) is 0.883. The molecule has 1 saturated heterocycles. The molecule has 94 valence electrons. The van der Waals surface area contributed by atoms with Crippen molar-refractivity contribution in [2.45, 2.75) is 33.1 Å². The normalized spacial score (nSPS) is 20.6. The number of nitrogen functional groups attached to an aromatic ring is 1. The molecule has 5 heteroatoms. The van der Waals surface area contributed by atoms with E-state index in [1.165, 1.54) is 12.8 Å². The van der Waals surface area contributed by atoms with E-state index in [1.807, 2.05) is 0 Å². The Hall–Kier alpha value is -1.10. The molecule has 4 nitrogen and oxygen atoms in total. The van der Waals surface area contributed by atoms with Crippen LogP contribution in [0.2, 0.25) is 0 Å². The number of hydrogen-bond donors (Lipinski definition) is 2. The van der Waals surface area contributed by atoms with Crippen LogP contribution in [0.4, 0.5) is 5.13 Å². The lowest BCUT2D eigenvalue weighted by atomic mass is 10.0. The van der Waals surface area contributed by atoms with Crippen molar-refractivity contribution in [1.29, 1.82) is 5.41 Å². The molecule has 1 fully saturated rings. The lowest BCUT2D eigenvalue weighted by Gasteiger charge is -2.30. The molecule has 0 radical (unpaired) electrons. The van der Waals surface area contributed by atoms with Crippen molar-refractivity contribution in [2.24, 2.45) is 11.7 Å². The van der Waals surface area contributed by atoms with Gasteiger partial charge in [-0.1, -0.05) is 25.2 Å². The highest BCUT2D eigenvalue weighted by Crippen LogP contribution is 2.29. The fourth-order valence-corrected chi connectivity index (χ4v) is 3.34. The predicted molar refractivity (Wildman–Crippen MR) is 73.1 cm³/mol. The Labute approximate surface area is 106 Å². The van der Waals surface area contributed by atoms with Crippen molar-refractivity contribution in [3.05, 3.63) is 10.6 Å². The van der Waals surface area contributed by atoms with Crippen molar-refractivity contribution in [2.75, 3.05) is 18.0 Å². The van der Waals surface area contributed by atoms with Gasteiger partial charge >= 0.3 is 0 Å². The summed E-state index contributed by atoms with van der Waals surface area (Å²) < 4.78 is 0. The van der Waals surface area contributed by atoms with Gasteiger partial charge < -0.3 is 10.6 Å². The van der Waals surface area contributed by atoms with Crippen LogP contribution in [0.3, 0.4) is 0 Å². The van der Waals surface area contributed by atoms with Gasteiger partial charge in [0.2, 0.25) is 0 Å². The fourth-order valence-electron chi connectivity index (χ4n) is 2.29. The maximum atomic E-state index is 7.58. The van der Waals surface area contributed by atoms with Crippen LogP contribution < -0.4 is 10.6 Å². The Morgan fingerprint density at radius 2 is 2.41 bits per heavy atom. The number of nitrogens with one attached hydrogen (secondary N) is 1. The molecule has 0 saturated carbocycles. The number of anilines is 1. The molecule has 0 amide bonds. The van der Waals surface area contributed by atoms with E-state index in [0.29, 0.717) is 0 Å². The van der Waals surface area contributed by atoms with Gasteiger partial charge in [0.05, 0.1) is 10.6 Å². The molecule has 1 unspecified atom stereocenters. The molecule has 2 rings (SSSR count). The second kappa shape index (κ2) is 5.04. The van der Waals surface area contributed by atoms with Gasteiger partial charge in [-0.15, -0.1) is 0 Å². The minimum atomic E-state index is 0.149. The Kier molecular flexibility index (Phi) is 3.66. The van der Waals surface area contributed by atoms with Gasteiger partial charge in [-0.3, -0.25) is 5.41 Å². The van der Waals surface area contributed by atoms with Gasteiger partial charge in [0.25, 0.3) is 0 Å². The number of piperidine rings is 1. The zero-order valence-electron chi connectivity index (χ0n) is 10.5. The van der Waals surface area contributed by atoms with Gasteiger partial charge in [-0.25, -0.2) is 4.98 Å². The van der Waals surface area contributed by atoms with E-state index >= 15 is 0 Å². The molecule has 3 N–H and O–H groups in total. The molecule has 1 aromatic rings. The smallest absolute Gasteiger partial charge is 0.186 e. The Morgan fingerprint density at radius 3 is 2.94 bits per heavy atom. The monoisotopic (exact) mass is 252 g/mol. The lowest BCUT2D eigenvalue weighted by Crippen LogP contribution is -2.34. The summed E-state index contributed by atoms with van der Waals surface area (Å²) in [5.41, 5.74) is 6.56. The first-order chi connectivity index (χ1) is 8.11. The van der Waals surface area contributed by atoms with Crippen LogP contribution >= 0.6 is 11.3 Å². The first kappa shape index (κ1) is 12.4. The van der Waals surface area contributed by atoms with Crippen molar-refractivity contribution in [1.82, 2.24) is 4.98 Å². The van der Waals surface area contributed by atoms with Crippen molar-refractivity contribution in [3.63, 3.8) is 0 Å². The first-order valence-electron chi connectivity index (χ1n) is 6.20. The highest BCUT2D eigenvalue weighted by Gasteiger charge is 2.21. The van der Waals surface area contributed by atoms with Gasteiger partial charge in [-0.05, 0) is 25.2 Å². The van der Waals surface area contributed by atoms with Gasteiger partial charge in [0, 0.05) is 13.1 Å². The molecule has 2 heterocycles. The summed E-state index contributed by atoms with van der Waals surface area (Å²) >= 11 is 1.57. The van der Waals surface area contributed by atoms with Crippen LogP contribution in [0, 0.1) is 11.3 Å². The van der Waals surface area contributed by atoms with Gasteiger partial charge in [0.15, 0.2) is 5.13 Å². The lowest BCUT2D eigenvalue weighted by molar-refractivity contribution is 0.446. The average molecular weight is 252 g/mol. The first-order valence-corrected chi connectivity index (χ1v) is 7.02. The van der Waals surface area contributed by atoms with Crippen LogP contribution in [0.5, 0.6) is 0 Å². The largest absolute Gasteiger partial charge is 0.383 e. The number of thiazole rings is 1. The maximum absolute atomic E-state index is 7.58. The molecule has 1 aromatic heterocycles. The summed E-state index contributed by atoms with van der Waals surface area (Å²) in [4.78, 5) is 7.82. The Balaban J connectivity index is 2.23. The Bertz CT molecular complexity index is 413. The van der Waals surface area contributed by atoms with E-state index in [1.54, 1.807) is 11.3 Å². The second-order valence-electron chi connectivity index (χ2n) is 4.73. The summed E-state index contributed by atoms with van der Waals surface area (Å²) in [6.07, 6.45) is 3.38. The predicted octanol–water partition coefficient (Wildman–Crippen LogP) is 2.23. The quantitative estimate of drug-likeness (QED) is 0.640. The van der Waals surface area contributed by atoms with Gasteiger partial charge in [-0.2, -0.15) is 0 Å². The summed E-state index contributed by atoms with van der Waals surface area (Å²) in [6.45, 7) is 6.50. The van der Waals surface area contributed by atoms with E-state index in [2.05, 4.69) is 23.7 Å². The van der Waals surface area contributed by atoms with Crippen molar-refractivity contribution >= 4 is 22.3 Å². The third-order valence-electron chi connectivity index (χ3n) is 3.19. The molecule has 1 aliphatic heterocycles. The van der Waals surface area contributed by atoms with E-state index in [0.717, 1.165) is 41.1 Å². The minimum absolute atomic E-state index is 0.149. The fraction of sp³-hybridized carbons (Fsp3) is 0.667. The number of nitrogens with zero attached hydrogens (tertiary/aromatic N) is 2. The molecule has 0 spiro atoms.